The van der Waals surface area contributed by atoms with E-state index in [1.165, 1.54) is 11.8 Å². The van der Waals surface area contributed by atoms with E-state index in [1.807, 2.05) is 13.0 Å². The van der Waals surface area contributed by atoms with E-state index in [9.17, 15) is 8.42 Å². The molecule has 0 aliphatic carbocycles. The lowest BCUT2D eigenvalue weighted by molar-refractivity contribution is 0.346. The number of sulfonamides is 1. The second kappa shape index (κ2) is 7.84. The summed E-state index contributed by atoms with van der Waals surface area (Å²) in [6, 6.07) is 5.23. The highest BCUT2D eigenvalue weighted by Gasteiger charge is 2.26. The van der Waals surface area contributed by atoms with Crippen molar-refractivity contribution in [3.05, 3.63) is 29.9 Å². The molecule has 1 aliphatic heterocycles. The van der Waals surface area contributed by atoms with Crippen LogP contribution < -0.4 is 0 Å². The molecule has 0 amide bonds. The van der Waals surface area contributed by atoms with Crippen LogP contribution in [0.5, 0.6) is 0 Å². The van der Waals surface area contributed by atoms with Crippen molar-refractivity contribution >= 4 is 32.8 Å². The molecule has 8 nitrogen and oxygen atoms in total. The van der Waals surface area contributed by atoms with E-state index in [0.29, 0.717) is 41.0 Å². The highest BCUT2D eigenvalue weighted by atomic mass is 32.2. The minimum absolute atomic E-state index is 0.312. The molecule has 28 heavy (non-hydrogen) atoms. The number of rotatable bonds is 6. The first-order valence-corrected chi connectivity index (χ1v) is 11.8. The molecule has 3 heterocycles. The molecule has 1 aromatic carbocycles. The van der Waals surface area contributed by atoms with Gasteiger partial charge in [0.25, 0.3) is 0 Å². The van der Waals surface area contributed by atoms with Gasteiger partial charge in [-0.05, 0) is 44.9 Å². The minimum Gasteiger partial charge on any atom is -0.338 e. The Morgan fingerprint density at radius 3 is 2.64 bits per heavy atom. The summed E-state index contributed by atoms with van der Waals surface area (Å²) in [5.74, 6) is 1.67. The monoisotopic (exact) mass is 421 g/mol. The van der Waals surface area contributed by atoms with Gasteiger partial charge in [0.15, 0.2) is 11.0 Å². The van der Waals surface area contributed by atoms with Crippen LogP contribution in [-0.4, -0.2) is 45.5 Å². The number of benzene rings is 1. The van der Waals surface area contributed by atoms with E-state index in [1.54, 1.807) is 23.4 Å². The van der Waals surface area contributed by atoms with Crippen LogP contribution in [0.3, 0.4) is 0 Å². The molecular weight excluding hydrogens is 398 g/mol. The van der Waals surface area contributed by atoms with Gasteiger partial charge in [-0.25, -0.2) is 13.4 Å². The van der Waals surface area contributed by atoms with E-state index < -0.39 is 10.0 Å². The van der Waals surface area contributed by atoms with Crippen LogP contribution in [0, 0.1) is 6.92 Å². The quantitative estimate of drug-likeness (QED) is 0.564. The average Bonchev–Trinajstić information content (AvgIpc) is 3.28. The van der Waals surface area contributed by atoms with Gasteiger partial charge in [0.05, 0.1) is 21.7 Å². The molecule has 1 aliphatic rings. The predicted octanol–water partition coefficient (Wildman–Crippen LogP) is 3.21. The molecular formula is C18H23N5O3S2. The van der Waals surface area contributed by atoms with Crippen molar-refractivity contribution in [2.24, 2.45) is 0 Å². The molecule has 10 heteroatoms. The third-order valence-corrected chi connectivity index (χ3v) is 7.70. The summed E-state index contributed by atoms with van der Waals surface area (Å²) < 4.78 is 34.7. The Balaban J connectivity index is 1.64. The van der Waals surface area contributed by atoms with E-state index in [0.717, 1.165) is 36.5 Å². The number of aromatic nitrogens is 4. The fraction of sp³-hybridized carbons (Fsp3) is 0.500. The smallest absolute Gasteiger partial charge is 0.243 e. The molecule has 1 saturated heterocycles. The zero-order chi connectivity index (χ0) is 19.7. The molecule has 0 unspecified atom stereocenters. The molecule has 0 atom stereocenters. The van der Waals surface area contributed by atoms with Crippen molar-refractivity contribution < 1.29 is 12.9 Å². The van der Waals surface area contributed by atoms with Crippen molar-refractivity contribution in [1.29, 1.82) is 0 Å². The molecule has 0 saturated carbocycles. The van der Waals surface area contributed by atoms with Crippen molar-refractivity contribution in [1.82, 2.24) is 24.0 Å². The average molecular weight is 422 g/mol. The number of aryl methyl sites for hydroxylation is 2. The van der Waals surface area contributed by atoms with Gasteiger partial charge >= 0.3 is 0 Å². The van der Waals surface area contributed by atoms with Gasteiger partial charge in [-0.15, -0.1) is 0 Å². The number of hydrogen-bond acceptors (Lipinski definition) is 7. The van der Waals surface area contributed by atoms with Gasteiger partial charge in [0.1, 0.15) is 0 Å². The van der Waals surface area contributed by atoms with Gasteiger partial charge in [-0.1, -0.05) is 23.3 Å². The molecule has 150 valence electrons. The molecule has 1 fully saturated rings. The van der Waals surface area contributed by atoms with Crippen molar-refractivity contribution in [3.63, 3.8) is 0 Å². The van der Waals surface area contributed by atoms with Crippen LogP contribution in [0.2, 0.25) is 0 Å². The van der Waals surface area contributed by atoms with Crippen LogP contribution in [0.15, 0.2) is 32.8 Å². The standard InChI is InChI=1S/C18H23N5O3S2/c1-3-23-16-8-7-14(28(24,25)22-9-5-4-6-10-22)11-15(16)20-18(23)27-12-17-19-13(2)21-26-17/h7-8,11H,3-6,9-10,12H2,1-2H3. The van der Waals surface area contributed by atoms with Crippen LogP contribution in [0.1, 0.15) is 37.9 Å². The topological polar surface area (TPSA) is 94.1 Å². The largest absolute Gasteiger partial charge is 0.338 e. The second-order valence-electron chi connectivity index (χ2n) is 6.78. The molecule has 2 aromatic heterocycles. The summed E-state index contributed by atoms with van der Waals surface area (Å²) in [5, 5.41) is 4.61. The molecule has 0 radical (unpaired) electrons. The first kappa shape index (κ1) is 19.4. The fourth-order valence-electron chi connectivity index (χ4n) is 3.44. The molecule has 0 N–H and O–H groups in total. The maximum atomic E-state index is 13.0. The zero-order valence-corrected chi connectivity index (χ0v) is 17.6. The summed E-state index contributed by atoms with van der Waals surface area (Å²) in [4.78, 5) is 9.20. The number of hydrogen-bond donors (Lipinski definition) is 0. The third kappa shape index (κ3) is 3.68. The molecule has 0 bridgehead atoms. The van der Waals surface area contributed by atoms with Gasteiger partial charge < -0.3 is 9.09 Å². The Kier molecular flexibility index (Phi) is 5.44. The number of nitrogens with zero attached hydrogens (tertiary/aromatic N) is 5. The van der Waals surface area contributed by atoms with Crippen molar-refractivity contribution in [3.8, 4) is 0 Å². The Morgan fingerprint density at radius 2 is 1.96 bits per heavy atom. The maximum absolute atomic E-state index is 13.0. The molecule has 3 aromatic rings. The van der Waals surface area contributed by atoms with Crippen LogP contribution in [0.4, 0.5) is 0 Å². The normalized spacial score (nSPS) is 16.1. The van der Waals surface area contributed by atoms with Crippen LogP contribution in [-0.2, 0) is 22.3 Å². The SMILES string of the molecule is CCn1c(SCc2nc(C)no2)nc2cc(S(=O)(=O)N3CCCCC3)ccc21. The second-order valence-corrected chi connectivity index (χ2v) is 9.66. The summed E-state index contributed by atoms with van der Waals surface area (Å²) in [6.45, 7) is 5.74. The van der Waals surface area contributed by atoms with E-state index in [-0.39, 0.29) is 0 Å². The van der Waals surface area contributed by atoms with Crippen molar-refractivity contribution in [2.45, 2.75) is 55.5 Å². The van der Waals surface area contributed by atoms with E-state index in [2.05, 4.69) is 19.7 Å². The lowest BCUT2D eigenvalue weighted by atomic mass is 10.2. The van der Waals surface area contributed by atoms with Gasteiger partial charge in [0.2, 0.25) is 15.9 Å². The first-order valence-electron chi connectivity index (χ1n) is 9.41. The van der Waals surface area contributed by atoms with Crippen molar-refractivity contribution in [2.75, 3.05) is 13.1 Å². The first-order chi connectivity index (χ1) is 13.5. The number of imidazole rings is 1. The van der Waals surface area contributed by atoms with E-state index >= 15 is 0 Å². The third-order valence-electron chi connectivity index (χ3n) is 4.85. The van der Waals surface area contributed by atoms with Crippen LogP contribution >= 0.6 is 11.8 Å². The fourth-order valence-corrected chi connectivity index (χ4v) is 5.90. The summed E-state index contributed by atoms with van der Waals surface area (Å²) in [7, 11) is -3.47. The number of fused-ring (bicyclic) bond motifs is 1. The molecule has 4 rings (SSSR count). The lowest BCUT2D eigenvalue weighted by Crippen LogP contribution is -2.35. The van der Waals surface area contributed by atoms with Gasteiger partial charge in [-0.2, -0.15) is 9.29 Å². The Hall–Kier alpha value is -1.91. The summed E-state index contributed by atoms with van der Waals surface area (Å²) in [6.07, 6.45) is 2.93. The predicted molar refractivity (Wildman–Crippen MR) is 107 cm³/mol. The summed E-state index contributed by atoms with van der Waals surface area (Å²) >= 11 is 1.50. The highest BCUT2D eigenvalue weighted by molar-refractivity contribution is 7.98. The Morgan fingerprint density at radius 1 is 1.18 bits per heavy atom. The molecule has 0 spiro atoms. The van der Waals surface area contributed by atoms with Crippen LogP contribution in [0.25, 0.3) is 11.0 Å². The Labute approximate surface area is 168 Å². The lowest BCUT2D eigenvalue weighted by Gasteiger charge is -2.25. The van der Waals surface area contributed by atoms with Gasteiger partial charge in [0, 0.05) is 19.6 Å². The zero-order valence-electron chi connectivity index (χ0n) is 16.0. The Bertz CT molecular complexity index is 1080. The minimum atomic E-state index is -3.47. The summed E-state index contributed by atoms with van der Waals surface area (Å²) in [5.41, 5.74) is 1.61. The maximum Gasteiger partial charge on any atom is 0.243 e. The number of piperidine rings is 1. The highest BCUT2D eigenvalue weighted by Crippen LogP contribution is 2.29. The van der Waals surface area contributed by atoms with Gasteiger partial charge in [-0.3, -0.25) is 0 Å². The van der Waals surface area contributed by atoms with E-state index in [4.69, 9.17) is 4.52 Å². The number of thioether (sulfide) groups is 1.